The van der Waals surface area contributed by atoms with Crippen LogP contribution in [0.5, 0.6) is 0 Å². The second-order valence-corrected chi connectivity index (χ2v) is 6.59. The summed E-state index contributed by atoms with van der Waals surface area (Å²) in [5.74, 6) is -0.158. The number of benzene rings is 2. The molecule has 22 heavy (non-hydrogen) atoms. The zero-order chi connectivity index (χ0) is 15.6. The van der Waals surface area contributed by atoms with Gasteiger partial charge in [0.05, 0.1) is 5.97 Å². The summed E-state index contributed by atoms with van der Waals surface area (Å²) in [4.78, 5) is 11.7. The molecule has 0 saturated carbocycles. The van der Waals surface area contributed by atoms with E-state index in [0.29, 0.717) is 17.4 Å². The molecule has 0 aliphatic carbocycles. The topological polar surface area (TPSA) is 40.1 Å². The number of fused-ring (bicyclic) bond motifs is 1. The van der Waals surface area contributed by atoms with E-state index in [1.807, 2.05) is 24.3 Å². The molecule has 2 aromatic carbocycles. The van der Waals surface area contributed by atoms with E-state index in [4.69, 9.17) is 0 Å². The molecule has 0 saturated heterocycles. The van der Waals surface area contributed by atoms with Crippen molar-refractivity contribution in [2.24, 2.45) is 11.8 Å². The van der Waals surface area contributed by atoms with Crippen LogP contribution in [0, 0.1) is 11.8 Å². The fraction of sp³-hybridized carbons (Fsp3) is 0.421. The minimum Gasteiger partial charge on any atom is -0.545 e. The van der Waals surface area contributed by atoms with E-state index in [9.17, 15) is 9.90 Å². The average molecular weight is 306 g/mol. The normalized spacial score (nSPS) is 11.0. The van der Waals surface area contributed by atoms with Gasteiger partial charge in [0.2, 0.25) is 0 Å². The summed E-state index contributed by atoms with van der Waals surface area (Å²) in [6, 6.07) is 9.84. The second kappa shape index (κ2) is 8.14. The van der Waals surface area contributed by atoms with E-state index in [2.05, 4.69) is 33.8 Å². The van der Waals surface area contributed by atoms with Crippen LogP contribution in [0.1, 0.15) is 49.2 Å². The van der Waals surface area contributed by atoms with Crippen LogP contribution in [0.15, 0.2) is 30.3 Å². The standard InChI is InChI=1S/C19H24O2.Na/c1-12(2)9-15-11-14-7-5-6-8-16(14)18(19(20)21)17(15)10-13(3)4;/h5-8,11-13H,9-10H2,1-4H3,(H,20,21);/q;+1/p-1. The third kappa shape index (κ3) is 4.34. The van der Waals surface area contributed by atoms with Crippen LogP contribution in [0.4, 0.5) is 0 Å². The van der Waals surface area contributed by atoms with E-state index < -0.39 is 5.97 Å². The van der Waals surface area contributed by atoms with Crippen molar-refractivity contribution < 1.29 is 39.5 Å². The first-order valence-corrected chi connectivity index (χ1v) is 7.65. The van der Waals surface area contributed by atoms with Crippen molar-refractivity contribution in [3.8, 4) is 0 Å². The van der Waals surface area contributed by atoms with Gasteiger partial charge in [-0.2, -0.15) is 0 Å². The molecule has 0 aliphatic rings. The quantitative estimate of drug-likeness (QED) is 0.759. The molecule has 0 unspecified atom stereocenters. The minimum atomic E-state index is -1.06. The van der Waals surface area contributed by atoms with Gasteiger partial charge < -0.3 is 9.90 Å². The van der Waals surface area contributed by atoms with Gasteiger partial charge in [-0.3, -0.25) is 0 Å². The van der Waals surface area contributed by atoms with E-state index in [1.54, 1.807) is 0 Å². The molecular formula is C19H23NaO2. The summed E-state index contributed by atoms with van der Waals surface area (Å²) in [7, 11) is 0. The maximum absolute atomic E-state index is 11.7. The van der Waals surface area contributed by atoms with Gasteiger partial charge in [0, 0.05) is 5.56 Å². The Labute approximate surface area is 155 Å². The van der Waals surface area contributed by atoms with E-state index in [0.717, 1.165) is 34.7 Å². The number of carboxylic acid groups (broad SMARTS) is 1. The first kappa shape index (κ1) is 19.2. The van der Waals surface area contributed by atoms with Crippen molar-refractivity contribution in [3.05, 3.63) is 47.0 Å². The Kier molecular flexibility index (Phi) is 7.11. The zero-order valence-electron chi connectivity index (χ0n) is 14.3. The van der Waals surface area contributed by atoms with Crippen molar-refractivity contribution in [1.82, 2.24) is 0 Å². The molecule has 2 rings (SSSR count). The van der Waals surface area contributed by atoms with Crippen molar-refractivity contribution >= 4 is 16.7 Å². The van der Waals surface area contributed by atoms with Crippen LogP contribution in [-0.2, 0) is 12.8 Å². The molecule has 0 radical (unpaired) electrons. The fourth-order valence-corrected chi connectivity index (χ4v) is 2.94. The molecule has 0 bridgehead atoms. The summed E-state index contributed by atoms with van der Waals surface area (Å²) in [5, 5.41) is 13.5. The van der Waals surface area contributed by atoms with Crippen LogP contribution >= 0.6 is 0 Å². The van der Waals surface area contributed by atoms with Gasteiger partial charge in [0.15, 0.2) is 0 Å². The zero-order valence-corrected chi connectivity index (χ0v) is 16.3. The maximum atomic E-state index is 11.7. The van der Waals surface area contributed by atoms with Gasteiger partial charge in [-0.15, -0.1) is 0 Å². The van der Waals surface area contributed by atoms with Gasteiger partial charge in [0.25, 0.3) is 0 Å². The number of carboxylic acids is 1. The van der Waals surface area contributed by atoms with Crippen molar-refractivity contribution in [2.45, 2.75) is 40.5 Å². The molecule has 2 aromatic rings. The smallest absolute Gasteiger partial charge is 0.545 e. The number of carbonyl (C=O) groups is 1. The molecule has 0 aliphatic heterocycles. The van der Waals surface area contributed by atoms with E-state index in [-0.39, 0.29) is 29.6 Å². The minimum absolute atomic E-state index is 0. The van der Waals surface area contributed by atoms with Gasteiger partial charge in [-0.05, 0) is 46.6 Å². The van der Waals surface area contributed by atoms with Crippen LogP contribution in [0.3, 0.4) is 0 Å². The summed E-state index contributed by atoms with van der Waals surface area (Å²) in [5.41, 5.74) is 2.49. The summed E-state index contributed by atoms with van der Waals surface area (Å²) in [6.07, 6.45) is 1.67. The number of rotatable bonds is 5. The Morgan fingerprint density at radius 3 is 2.18 bits per heavy atom. The molecule has 112 valence electrons. The number of hydrogen-bond donors (Lipinski definition) is 0. The van der Waals surface area contributed by atoms with Crippen LogP contribution in [0.2, 0.25) is 0 Å². The number of carbonyl (C=O) groups excluding carboxylic acids is 1. The van der Waals surface area contributed by atoms with Crippen molar-refractivity contribution in [1.29, 1.82) is 0 Å². The molecule has 0 N–H and O–H groups in total. The molecule has 2 nitrogen and oxygen atoms in total. The fourth-order valence-electron chi connectivity index (χ4n) is 2.94. The monoisotopic (exact) mass is 306 g/mol. The molecular weight excluding hydrogens is 283 g/mol. The first-order valence-electron chi connectivity index (χ1n) is 7.65. The first-order chi connectivity index (χ1) is 9.90. The van der Waals surface area contributed by atoms with Gasteiger partial charge in [-0.1, -0.05) is 58.0 Å². The molecule has 0 aromatic heterocycles. The molecule has 3 heteroatoms. The largest absolute Gasteiger partial charge is 1.00 e. The Hall–Kier alpha value is -0.830. The predicted octanol–water partition coefficient (Wildman–Crippen LogP) is 0.604. The molecule has 0 fully saturated rings. The average Bonchev–Trinajstić information content (AvgIpc) is 2.37. The molecule has 0 atom stereocenters. The van der Waals surface area contributed by atoms with Crippen molar-refractivity contribution in [2.75, 3.05) is 0 Å². The second-order valence-electron chi connectivity index (χ2n) is 6.59. The van der Waals surface area contributed by atoms with Gasteiger partial charge >= 0.3 is 29.6 Å². The van der Waals surface area contributed by atoms with E-state index in [1.165, 1.54) is 0 Å². The van der Waals surface area contributed by atoms with Gasteiger partial charge in [0.1, 0.15) is 0 Å². The Balaban J connectivity index is 0.00000242. The SMILES string of the molecule is CC(C)Cc1cc2ccccc2c(C(=O)[O-])c1CC(C)C.[Na+]. The third-order valence-corrected chi connectivity index (χ3v) is 3.69. The van der Waals surface area contributed by atoms with Crippen LogP contribution < -0.4 is 34.7 Å². The van der Waals surface area contributed by atoms with Gasteiger partial charge in [-0.25, -0.2) is 0 Å². The van der Waals surface area contributed by atoms with E-state index >= 15 is 0 Å². The Morgan fingerprint density at radius 2 is 1.64 bits per heavy atom. The maximum Gasteiger partial charge on any atom is 1.00 e. The molecule has 0 spiro atoms. The number of hydrogen-bond acceptors (Lipinski definition) is 2. The molecule has 0 heterocycles. The van der Waals surface area contributed by atoms with Crippen LogP contribution in [0.25, 0.3) is 10.8 Å². The van der Waals surface area contributed by atoms with Crippen molar-refractivity contribution in [3.63, 3.8) is 0 Å². The van der Waals surface area contributed by atoms with Crippen LogP contribution in [-0.4, -0.2) is 5.97 Å². The third-order valence-electron chi connectivity index (χ3n) is 3.69. The predicted molar refractivity (Wildman–Crippen MR) is 85.4 cm³/mol. The Bertz CT molecular complexity index is 660. The Morgan fingerprint density at radius 1 is 1.05 bits per heavy atom. The summed E-state index contributed by atoms with van der Waals surface area (Å²) in [6.45, 7) is 8.56. The molecule has 0 amide bonds. The summed E-state index contributed by atoms with van der Waals surface area (Å²) < 4.78 is 0. The number of aromatic carboxylic acids is 1. The summed E-state index contributed by atoms with van der Waals surface area (Å²) >= 11 is 0.